The number of hydrogen-bond acceptors (Lipinski definition) is 2. The molecule has 2 nitrogen and oxygen atoms in total. The van der Waals surface area contributed by atoms with Crippen LogP contribution >= 0.6 is 0 Å². The van der Waals surface area contributed by atoms with E-state index < -0.39 is 0 Å². The van der Waals surface area contributed by atoms with Crippen molar-refractivity contribution < 1.29 is 9.53 Å². The highest BCUT2D eigenvalue weighted by molar-refractivity contribution is 6.62. The molecule has 0 aromatic heterocycles. The molecule has 3 aliphatic rings. The third-order valence-corrected chi connectivity index (χ3v) is 15.4. The third kappa shape index (κ3) is 2.05. The highest BCUT2D eigenvalue weighted by Gasteiger charge is 2.77. The van der Waals surface area contributed by atoms with E-state index in [1.807, 2.05) is 0 Å². The molecule has 0 N–H and O–H groups in total. The Kier molecular flexibility index (Phi) is 3.32. The first-order chi connectivity index (χ1) is 25.1. The zero-order chi connectivity index (χ0) is 32.6. The fraction of sp³-hybridized carbons (Fsp3) is 0.163. The van der Waals surface area contributed by atoms with E-state index in [0.717, 1.165) is 19.3 Å². The molecular weight excluding hydrogens is 621 g/mol. The van der Waals surface area contributed by atoms with Crippen molar-refractivity contribution in [1.29, 1.82) is 0 Å². The molecule has 0 bridgehead atoms. The molecule has 1 spiro atoms. The fourth-order valence-electron chi connectivity index (χ4n) is 14.1. The van der Waals surface area contributed by atoms with Crippen LogP contribution < -0.4 is 5.22 Å². The van der Waals surface area contributed by atoms with Crippen molar-refractivity contribution in [2.45, 2.75) is 36.5 Å². The maximum absolute atomic E-state index is 12.6. The zero-order valence-corrected chi connectivity index (χ0v) is 27.8. The summed E-state index contributed by atoms with van der Waals surface area (Å²) < 4.78 is 5.17. The standard InChI is InChI=1S/C49H26O2/c1-51-30(50)8-5-11-48(28-6-3-2-4-7-28)29-18-26-16-23-13-21-10-9-20-12-22-14-24-15-25-17-27-19-49(29,48)47-38(26)42-36(23)40-32(21)31(20)39-33(22)34(24)41-35(25)37(27)46(47)45(42)44(41)43(39)40/h2-4,6-7,9-10,12-18,29H,5,8,11,19H2,1H3. The zero-order valence-electron chi connectivity index (χ0n) is 27.8. The van der Waals surface area contributed by atoms with Gasteiger partial charge < -0.3 is 4.74 Å². The highest BCUT2D eigenvalue weighted by Crippen LogP contribution is 2.79. The van der Waals surface area contributed by atoms with Crippen LogP contribution in [0.15, 0.2) is 78.9 Å². The molecule has 0 heterocycles. The van der Waals surface area contributed by atoms with Crippen LogP contribution in [0.4, 0.5) is 0 Å². The van der Waals surface area contributed by atoms with Crippen LogP contribution in [0.1, 0.15) is 36.0 Å². The summed E-state index contributed by atoms with van der Waals surface area (Å²) in [6, 6.07) is 31.3. The molecule has 0 aliphatic heterocycles. The van der Waals surface area contributed by atoms with Gasteiger partial charge in [-0.2, -0.15) is 0 Å². The maximum Gasteiger partial charge on any atom is 0.305 e. The van der Waals surface area contributed by atoms with Crippen molar-refractivity contribution >= 4 is 131 Å². The van der Waals surface area contributed by atoms with Crippen LogP contribution in [-0.4, -0.2) is 13.1 Å². The minimum Gasteiger partial charge on any atom is -0.469 e. The molecule has 3 atom stereocenters. The smallest absolute Gasteiger partial charge is 0.305 e. The Balaban J connectivity index is 1.21. The van der Waals surface area contributed by atoms with Gasteiger partial charge in [-0.1, -0.05) is 54.6 Å². The second-order valence-electron chi connectivity index (χ2n) is 16.8. The predicted octanol–water partition coefficient (Wildman–Crippen LogP) is 11.1. The lowest BCUT2D eigenvalue weighted by molar-refractivity contribution is -0.140. The second-order valence-corrected chi connectivity index (χ2v) is 16.8. The Labute approximate surface area is 289 Å². The summed E-state index contributed by atoms with van der Waals surface area (Å²) in [5.74, 6) is 0.253. The molecule has 3 aliphatic carbocycles. The van der Waals surface area contributed by atoms with E-state index in [0.29, 0.717) is 12.3 Å². The van der Waals surface area contributed by atoms with Crippen molar-refractivity contribution in [2.75, 3.05) is 7.11 Å². The average molecular weight is 647 g/mol. The van der Waals surface area contributed by atoms with E-state index in [9.17, 15) is 4.79 Å². The molecule has 16 rings (SSSR count). The number of benzene rings is 9. The second kappa shape index (κ2) is 6.94. The normalized spacial score (nSPS) is 23.0. The highest BCUT2D eigenvalue weighted by atomic mass is 16.5. The molecule has 13 aromatic carbocycles. The summed E-state index contributed by atoms with van der Waals surface area (Å²) in [6.07, 6.45) is 5.99. The van der Waals surface area contributed by atoms with Gasteiger partial charge in [-0.3, -0.25) is 4.79 Å². The first-order valence-corrected chi connectivity index (χ1v) is 18.7. The third-order valence-electron chi connectivity index (χ3n) is 15.4. The summed E-state index contributed by atoms with van der Waals surface area (Å²) in [5, 5.41) is 34.1. The van der Waals surface area contributed by atoms with Gasteiger partial charge in [0.25, 0.3) is 0 Å². The lowest BCUT2D eigenvalue weighted by Gasteiger charge is -2.31. The minimum absolute atomic E-state index is 0.0505. The van der Waals surface area contributed by atoms with Gasteiger partial charge in [0.05, 0.1) is 7.11 Å². The quantitative estimate of drug-likeness (QED) is 0.106. The van der Waals surface area contributed by atoms with Crippen LogP contribution in [0.5, 0.6) is 0 Å². The first kappa shape index (κ1) is 24.4. The SMILES string of the molecule is COC(=O)CCCC1(c2ccccc2)C2C=c3cc4cc5ccc6cc7cc8cc9cc%10c%11c%12c(c3c3c4c4c5c6c5c7c8c(c9%11)c(c%123)c54)C21C%10. The van der Waals surface area contributed by atoms with Crippen LogP contribution in [0.3, 0.4) is 0 Å². The van der Waals surface area contributed by atoms with Gasteiger partial charge in [-0.05, 0) is 196 Å². The van der Waals surface area contributed by atoms with Gasteiger partial charge in [0.15, 0.2) is 0 Å². The molecule has 0 saturated heterocycles. The van der Waals surface area contributed by atoms with Gasteiger partial charge in [0, 0.05) is 17.3 Å². The minimum atomic E-state index is -0.106. The van der Waals surface area contributed by atoms with E-state index in [-0.39, 0.29) is 16.8 Å². The van der Waals surface area contributed by atoms with Gasteiger partial charge in [0.1, 0.15) is 0 Å². The van der Waals surface area contributed by atoms with Gasteiger partial charge in [-0.15, -0.1) is 0 Å². The van der Waals surface area contributed by atoms with Crippen molar-refractivity contribution in [3.05, 3.63) is 101 Å². The van der Waals surface area contributed by atoms with Gasteiger partial charge in [-0.25, -0.2) is 0 Å². The molecule has 3 unspecified atom stereocenters. The van der Waals surface area contributed by atoms with Crippen molar-refractivity contribution in [3.63, 3.8) is 0 Å². The maximum atomic E-state index is 12.6. The van der Waals surface area contributed by atoms with Crippen LogP contribution in [0.2, 0.25) is 0 Å². The van der Waals surface area contributed by atoms with E-state index in [1.165, 1.54) is 126 Å². The number of methoxy groups -OCH3 is 1. The topological polar surface area (TPSA) is 26.3 Å². The molecule has 0 radical (unpaired) electrons. The summed E-state index contributed by atoms with van der Waals surface area (Å²) in [4.78, 5) is 12.6. The largest absolute Gasteiger partial charge is 0.469 e. The Morgan fingerprint density at radius 2 is 1.16 bits per heavy atom. The summed E-state index contributed by atoms with van der Waals surface area (Å²) in [5.41, 5.74) is 4.45. The lowest BCUT2D eigenvalue weighted by Crippen LogP contribution is -2.28. The van der Waals surface area contributed by atoms with Crippen molar-refractivity contribution in [2.24, 2.45) is 5.92 Å². The Hall–Kier alpha value is -5.73. The molecule has 0 amide bonds. The number of carbonyl (C=O) groups excluding carboxylic acids is 1. The lowest BCUT2D eigenvalue weighted by atomic mass is 9.71. The van der Waals surface area contributed by atoms with Crippen LogP contribution in [0.25, 0.3) is 125 Å². The van der Waals surface area contributed by atoms with Crippen LogP contribution in [-0.2, 0) is 26.8 Å². The Bertz CT molecular complexity index is 3760. The van der Waals surface area contributed by atoms with Crippen LogP contribution in [0, 0.1) is 5.92 Å². The molecule has 234 valence electrons. The fourth-order valence-corrected chi connectivity index (χ4v) is 14.1. The molecular formula is C49H26O2. The van der Waals surface area contributed by atoms with E-state index >= 15 is 0 Å². The molecule has 2 heteroatoms. The van der Waals surface area contributed by atoms with E-state index in [2.05, 4.69) is 84.9 Å². The van der Waals surface area contributed by atoms with E-state index in [4.69, 9.17) is 4.74 Å². The summed E-state index contributed by atoms with van der Waals surface area (Å²) in [7, 11) is 1.52. The molecule has 51 heavy (non-hydrogen) atoms. The summed E-state index contributed by atoms with van der Waals surface area (Å²) in [6.45, 7) is 0. The molecule has 1 fully saturated rings. The molecule has 1 saturated carbocycles. The first-order valence-electron chi connectivity index (χ1n) is 18.7. The van der Waals surface area contributed by atoms with Gasteiger partial charge in [0.2, 0.25) is 0 Å². The molecule has 13 aromatic rings. The van der Waals surface area contributed by atoms with E-state index in [1.54, 1.807) is 21.7 Å². The Morgan fingerprint density at radius 1 is 0.608 bits per heavy atom. The average Bonchev–Trinajstić information content (AvgIpc) is 3.68. The number of rotatable bonds is 5. The van der Waals surface area contributed by atoms with Gasteiger partial charge >= 0.3 is 5.97 Å². The monoisotopic (exact) mass is 646 g/mol. The van der Waals surface area contributed by atoms with Crippen molar-refractivity contribution in [3.8, 4) is 0 Å². The number of carbonyl (C=O) groups is 1. The number of hydrogen-bond donors (Lipinski definition) is 0. The number of esters is 1. The number of ether oxygens (including phenoxy) is 1. The van der Waals surface area contributed by atoms with Crippen molar-refractivity contribution in [1.82, 2.24) is 0 Å². The Morgan fingerprint density at radius 3 is 1.86 bits per heavy atom. The summed E-state index contributed by atoms with van der Waals surface area (Å²) >= 11 is 0. The predicted molar refractivity (Wildman–Crippen MR) is 211 cm³/mol.